The standard InChI is InChI=1S/C13H13BO2S/c1-10-5-7-12(8-6-10)17-13-4-2-3-11(9-13)14(15)16/h2-9,15-16H,1H3. The lowest BCUT2D eigenvalue weighted by atomic mass is 9.80. The van der Waals surface area contributed by atoms with E-state index in [0.29, 0.717) is 5.46 Å². The van der Waals surface area contributed by atoms with Gasteiger partial charge in [-0.3, -0.25) is 0 Å². The molecule has 0 aliphatic rings. The highest BCUT2D eigenvalue weighted by Crippen LogP contribution is 2.26. The molecule has 0 amide bonds. The van der Waals surface area contributed by atoms with Gasteiger partial charge in [0.15, 0.2) is 0 Å². The van der Waals surface area contributed by atoms with E-state index in [0.717, 1.165) is 9.79 Å². The molecule has 0 saturated heterocycles. The maximum Gasteiger partial charge on any atom is 0.488 e. The molecule has 2 aromatic carbocycles. The minimum absolute atomic E-state index is 0.516. The lowest BCUT2D eigenvalue weighted by molar-refractivity contribution is 0.425. The second-order valence-electron chi connectivity index (χ2n) is 3.86. The molecular formula is C13H13BO2S. The Kier molecular flexibility index (Phi) is 3.89. The summed E-state index contributed by atoms with van der Waals surface area (Å²) in [6.07, 6.45) is 0. The van der Waals surface area contributed by atoms with Crippen molar-refractivity contribution in [2.24, 2.45) is 0 Å². The van der Waals surface area contributed by atoms with Crippen LogP contribution in [-0.2, 0) is 0 Å². The maximum absolute atomic E-state index is 9.10. The fourth-order valence-electron chi connectivity index (χ4n) is 1.48. The predicted molar refractivity (Wildman–Crippen MR) is 71.6 cm³/mol. The topological polar surface area (TPSA) is 40.5 Å². The Morgan fingerprint density at radius 3 is 2.29 bits per heavy atom. The fourth-order valence-corrected chi connectivity index (χ4v) is 2.37. The van der Waals surface area contributed by atoms with Crippen LogP contribution in [0.2, 0.25) is 0 Å². The Hall–Kier alpha value is -1.23. The van der Waals surface area contributed by atoms with Crippen LogP contribution >= 0.6 is 11.8 Å². The quantitative estimate of drug-likeness (QED) is 0.809. The van der Waals surface area contributed by atoms with Crippen LogP contribution in [0.5, 0.6) is 0 Å². The molecule has 17 heavy (non-hydrogen) atoms. The van der Waals surface area contributed by atoms with Gasteiger partial charge in [0.1, 0.15) is 0 Å². The zero-order valence-corrected chi connectivity index (χ0v) is 10.3. The molecule has 0 heterocycles. The third kappa shape index (κ3) is 3.36. The summed E-state index contributed by atoms with van der Waals surface area (Å²) in [5.41, 5.74) is 1.75. The van der Waals surface area contributed by atoms with Crippen molar-refractivity contribution in [1.82, 2.24) is 0 Å². The number of hydrogen-bond donors (Lipinski definition) is 2. The largest absolute Gasteiger partial charge is 0.488 e. The van der Waals surface area contributed by atoms with E-state index >= 15 is 0 Å². The molecule has 0 unspecified atom stereocenters. The predicted octanol–water partition coefficient (Wildman–Crippen LogP) is 1.83. The molecule has 0 atom stereocenters. The van der Waals surface area contributed by atoms with E-state index in [4.69, 9.17) is 10.0 Å². The van der Waals surface area contributed by atoms with E-state index < -0.39 is 7.12 Å². The summed E-state index contributed by atoms with van der Waals surface area (Å²) >= 11 is 1.61. The lowest BCUT2D eigenvalue weighted by Crippen LogP contribution is -2.29. The summed E-state index contributed by atoms with van der Waals surface area (Å²) in [5, 5.41) is 18.2. The van der Waals surface area contributed by atoms with Crippen LogP contribution in [0, 0.1) is 6.92 Å². The summed E-state index contributed by atoms with van der Waals surface area (Å²) in [6.45, 7) is 2.05. The normalized spacial score (nSPS) is 10.3. The molecule has 0 aliphatic carbocycles. The van der Waals surface area contributed by atoms with Crippen LogP contribution in [0.25, 0.3) is 0 Å². The Bertz CT molecular complexity index is 497. The van der Waals surface area contributed by atoms with E-state index in [9.17, 15) is 0 Å². The van der Waals surface area contributed by atoms with E-state index in [1.54, 1.807) is 23.9 Å². The van der Waals surface area contributed by atoms with Crippen molar-refractivity contribution in [1.29, 1.82) is 0 Å². The summed E-state index contributed by atoms with van der Waals surface area (Å²) in [7, 11) is -1.41. The molecule has 0 radical (unpaired) electrons. The summed E-state index contributed by atoms with van der Waals surface area (Å²) in [5.74, 6) is 0. The average molecular weight is 244 g/mol. The van der Waals surface area contributed by atoms with Gasteiger partial charge in [0.2, 0.25) is 0 Å². The highest BCUT2D eigenvalue weighted by atomic mass is 32.2. The molecule has 2 nitrogen and oxygen atoms in total. The molecule has 0 aromatic heterocycles. The maximum atomic E-state index is 9.10. The van der Waals surface area contributed by atoms with Crippen LogP contribution < -0.4 is 5.46 Å². The Labute approximate surface area is 105 Å². The zero-order chi connectivity index (χ0) is 12.3. The Morgan fingerprint density at radius 1 is 0.941 bits per heavy atom. The SMILES string of the molecule is Cc1ccc(Sc2cccc(B(O)O)c2)cc1. The highest BCUT2D eigenvalue weighted by Gasteiger charge is 2.10. The molecule has 0 bridgehead atoms. The van der Waals surface area contributed by atoms with Gasteiger partial charge in [0.05, 0.1) is 0 Å². The molecule has 2 aromatic rings. The van der Waals surface area contributed by atoms with Crippen molar-refractivity contribution < 1.29 is 10.0 Å². The summed E-state index contributed by atoms with van der Waals surface area (Å²) in [6, 6.07) is 15.5. The molecule has 0 aliphatic heterocycles. The zero-order valence-electron chi connectivity index (χ0n) is 9.50. The van der Waals surface area contributed by atoms with Gasteiger partial charge in [-0.15, -0.1) is 0 Å². The van der Waals surface area contributed by atoms with E-state index in [1.165, 1.54) is 5.56 Å². The summed E-state index contributed by atoms with van der Waals surface area (Å²) < 4.78 is 0. The second kappa shape index (κ2) is 5.40. The minimum Gasteiger partial charge on any atom is -0.423 e. The first kappa shape index (κ1) is 12.2. The van der Waals surface area contributed by atoms with E-state index in [1.807, 2.05) is 12.1 Å². The van der Waals surface area contributed by atoms with Crippen LogP contribution in [0.15, 0.2) is 58.3 Å². The molecule has 0 saturated carbocycles. The van der Waals surface area contributed by atoms with Crippen LogP contribution in [0.3, 0.4) is 0 Å². The molecule has 2 rings (SSSR count). The van der Waals surface area contributed by atoms with Crippen LogP contribution in [0.1, 0.15) is 5.56 Å². The number of hydrogen-bond acceptors (Lipinski definition) is 3. The van der Waals surface area contributed by atoms with Crippen LogP contribution in [0.4, 0.5) is 0 Å². The molecule has 2 N–H and O–H groups in total. The van der Waals surface area contributed by atoms with Gasteiger partial charge in [-0.25, -0.2) is 0 Å². The van der Waals surface area contributed by atoms with Crippen molar-refractivity contribution in [3.8, 4) is 0 Å². The third-order valence-electron chi connectivity index (χ3n) is 2.41. The Morgan fingerprint density at radius 2 is 1.65 bits per heavy atom. The number of rotatable bonds is 3. The number of aryl methyl sites for hydroxylation is 1. The van der Waals surface area contributed by atoms with Crippen LogP contribution in [-0.4, -0.2) is 17.2 Å². The smallest absolute Gasteiger partial charge is 0.423 e. The fraction of sp³-hybridized carbons (Fsp3) is 0.0769. The average Bonchev–Trinajstić information content (AvgIpc) is 2.32. The first-order valence-corrected chi connectivity index (χ1v) is 6.17. The first-order chi connectivity index (χ1) is 8.15. The molecule has 86 valence electrons. The van der Waals surface area contributed by atoms with Gasteiger partial charge in [-0.1, -0.05) is 41.6 Å². The van der Waals surface area contributed by atoms with E-state index in [-0.39, 0.29) is 0 Å². The van der Waals surface area contributed by atoms with Crippen molar-refractivity contribution in [3.05, 3.63) is 54.1 Å². The van der Waals surface area contributed by atoms with Crippen molar-refractivity contribution in [3.63, 3.8) is 0 Å². The van der Waals surface area contributed by atoms with Crippen molar-refractivity contribution in [2.75, 3.05) is 0 Å². The minimum atomic E-state index is -1.41. The van der Waals surface area contributed by atoms with Gasteiger partial charge in [0, 0.05) is 9.79 Å². The molecule has 0 fully saturated rings. The van der Waals surface area contributed by atoms with Crippen molar-refractivity contribution >= 4 is 24.3 Å². The summed E-state index contributed by atoms with van der Waals surface area (Å²) in [4.78, 5) is 2.14. The monoisotopic (exact) mass is 244 g/mol. The van der Waals surface area contributed by atoms with Crippen molar-refractivity contribution in [2.45, 2.75) is 16.7 Å². The third-order valence-corrected chi connectivity index (χ3v) is 3.41. The first-order valence-electron chi connectivity index (χ1n) is 5.36. The molecular weight excluding hydrogens is 231 g/mol. The lowest BCUT2D eigenvalue weighted by Gasteiger charge is -2.04. The van der Waals surface area contributed by atoms with Gasteiger partial charge in [0.25, 0.3) is 0 Å². The van der Waals surface area contributed by atoms with Gasteiger partial charge in [-0.05, 0) is 36.7 Å². The number of benzene rings is 2. The molecule has 0 spiro atoms. The van der Waals surface area contributed by atoms with Gasteiger partial charge < -0.3 is 10.0 Å². The highest BCUT2D eigenvalue weighted by molar-refractivity contribution is 7.99. The Balaban J connectivity index is 2.18. The van der Waals surface area contributed by atoms with Gasteiger partial charge >= 0.3 is 7.12 Å². The second-order valence-corrected chi connectivity index (χ2v) is 5.01. The van der Waals surface area contributed by atoms with Gasteiger partial charge in [-0.2, -0.15) is 0 Å². The molecule has 4 heteroatoms. The van der Waals surface area contributed by atoms with E-state index in [2.05, 4.69) is 31.2 Å².